The highest BCUT2D eigenvalue weighted by molar-refractivity contribution is 7.90. The van der Waals surface area contributed by atoms with Gasteiger partial charge in [0, 0.05) is 17.3 Å². The summed E-state index contributed by atoms with van der Waals surface area (Å²) in [6.45, 7) is 15.1. The zero-order valence-electron chi connectivity index (χ0n) is 24.6. The molecule has 4 heterocycles. The first kappa shape index (κ1) is 29.9. The first-order chi connectivity index (χ1) is 18.5. The van der Waals surface area contributed by atoms with Crippen LogP contribution in [0.2, 0.25) is 0 Å². The van der Waals surface area contributed by atoms with Crippen molar-refractivity contribution in [3.05, 3.63) is 34.9 Å². The number of fused-ring (bicyclic) bond motifs is 2. The molecule has 2 aromatic heterocycles. The molecule has 1 N–H and O–H groups in total. The van der Waals surface area contributed by atoms with Gasteiger partial charge in [-0.05, 0) is 60.3 Å². The Morgan fingerprint density at radius 1 is 0.875 bits per heavy atom. The third-order valence-corrected chi connectivity index (χ3v) is 8.47. The highest BCUT2D eigenvalue weighted by Gasteiger charge is 2.39. The number of carbonyl (C=O) groups is 2. The van der Waals surface area contributed by atoms with Crippen LogP contribution in [0.5, 0.6) is 0 Å². The lowest BCUT2D eigenvalue weighted by Crippen LogP contribution is -2.33. The van der Waals surface area contributed by atoms with E-state index in [4.69, 9.17) is 9.47 Å². The smallest absolute Gasteiger partial charge is 0.410 e. The standard InChI is InChI=1S/C13H19N3O4S.C10H15N3O2.C4H8/c1-13(2,3)20-12(17)15-6-9-7-16(14-11(9)8-15)21(18,19)10-4-5-10;1-10(2,3)15-9(14)13-5-7-4-11-12-8(7)6-13;1-4-2-3-4/h7,10H,4-6,8H2,1-3H3;4H,5-6H2,1-3H3,(H,11,12);4H,2-3H2,1H3. The monoisotopic (exact) mass is 578 g/mol. The van der Waals surface area contributed by atoms with Crippen molar-refractivity contribution in [1.29, 1.82) is 0 Å². The summed E-state index contributed by atoms with van der Waals surface area (Å²) in [5.41, 5.74) is 2.48. The van der Waals surface area contributed by atoms with E-state index in [1.165, 1.54) is 23.9 Å². The summed E-state index contributed by atoms with van der Waals surface area (Å²) < 4.78 is 35.8. The van der Waals surface area contributed by atoms with Gasteiger partial charge < -0.3 is 9.47 Å². The van der Waals surface area contributed by atoms with Crippen molar-refractivity contribution in [2.75, 3.05) is 0 Å². The maximum atomic E-state index is 12.1. The van der Waals surface area contributed by atoms with Crippen molar-refractivity contribution in [3.63, 3.8) is 0 Å². The lowest BCUT2D eigenvalue weighted by atomic mass is 10.2. The highest BCUT2D eigenvalue weighted by Crippen LogP contribution is 2.31. The van der Waals surface area contributed by atoms with Gasteiger partial charge in [0.05, 0.1) is 49.0 Å². The molecule has 2 fully saturated rings. The Morgan fingerprint density at radius 3 is 1.85 bits per heavy atom. The molecule has 222 valence electrons. The van der Waals surface area contributed by atoms with Crippen LogP contribution in [0.4, 0.5) is 9.59 Å². The third-order valence-electron chi connectivity index (χ3n) is 6.45. The number of nitrogens with zero attached hydrogens (tertiary/aromatic N) is 5. The van der Waals surface area contributed by atoms with Gasteiger partial charge in [0.15, 0.2) is 0 Å². The van der Waals surface area contributed by atoms with Gasteiger partial charge in [-0.3, -0.25) is 14.9 Å². The number of amides is 2. The van der Waals surface area contributed by atoms with Crippen LogP contribution in [0.3, 0.4) is 0 Å². The van der Waals surface area contributed by atoms with Gasteiger partial charge >= 0.3 is 12.2 Å². The Bertz CT molecular complexity index is 1280. The Kier molecular flexibility index (Phi) is 8.26. The van der Waals surface area contributed by atoms with Gasteiger partial charge in [-0.1, -0.05) is 19.8 Å². The molecule has 13 heteroatoms. The molecular weight excluding hydrogens is 536 g/mol. The van der Waals surface area contributed by atoms with E-state index in [1.54, 1.807) is 11.1 Å². The van der Waals surface area contributed by atoms with E-state index in [9.17, 15) is 18.0 Å². The summed E-state index contributed by atoms with van der Waals surface area (Å²) in [5, 5.41) is 10.6. The molecule has 0 aromatic carbocycles. The van der Waals surface area contributed by atoms with Gasteiger partial charge in [-0.15, -0.1) is 0 Å². The predicted octanol–water partition coefficient (Wildman–Crippen LogP) is 4.55. The Labute approximate surface area is 236 Å². The van der Waals surface area contributed by atoms with E-state index in [1.807, 2.05) is 41.5 Å². The maximum Gasteiger partial charge on any atom is 0.410 e. The molecular formula is C27H42N6O6S. The zero-order valence-corrected chi connectivity index (χ0v) is 25.4. The van der Waals surface area contributed by atoms with Crippen molar-refractivity contribution in [2.45, 2.75) is 117 Å². The molecule has 2 aromatic rings. The van der Waals surface area contributed by atoms with E-state index < -0.39 is 27.3 Å². The Hall–Kier alpha value is -3.09. The number of H-pyrrole nitrogens is 1. The fourth-order valence-electron chi connectivity index (χ4n) is 3.92. The minimum Gasteiger partial charge on any atom is -0.444 e. The molecule has 2 aliphatic carbocycles. The number of carbonyl (C=O) groups excluding carboxylic acids is 2. The van der Waals surface area contributed by atoms with Crippen molar-refractivity contribution < 1.29 is 27.5 Å². The second-order valence-corrected chi connectivity index (χ2v) is 15.0. The molecule has 2 amide bonds. The van der Waals surface area contributed by atoms with Gasteiger partial charge in [0.2, 0.25) is 0 Å². The number of hydrogen-bond donors (Lipinski definition) is 1. The fraction of sp³-hybridized carbons (Fsp3) is 0.704. The molecule has 0 spiro atoms. The summed E-state index contributed by atoms with van der Waals surface area (Å²) >= 11 is 0. The molecule has 4 aliphatic rings. The van der Waals surface area contributed by atoms with E-state index in [-0.39, 0.29) is 17.9 Å². The summed E-state index contributed by atoms with van der Waals surface area (Å²) in [5.74, 6) is 1.08. The molecule has 0 radical (unpaired) electrons. The first-order valence-electron chi connectivity index (χ1n) is 13.8. The second kappa shape index (κ2) is 11.1. The van der Waals surface area contributed by atoms with Crippen LogP contribution >= 0.6 is 0 Å². The van der Waals surface area contributed by atoms with Crippen molar-refractivity contribution >= 4 is 22.2 Å². The number of aromatic amines is 1. The van der Waals surface area contributed by atoms with Crippen LogP contribution in [0, 0.1) is 5.92 Å². The van der Waals surface area contributed by atoms with Crippen LogP contribution < -0.4 is 0 Å². The topological polar surface area (TPSA) is 140 Å². The predicted molar refractivity (Wildman–Crippen MR) is 148 cm³/mol. The van der Waals surface area contributed by atoms with Crippen LogP contribution in [0.15, 0.2) is 12.4 Å². The lowest BCUT2D eigenvalue weighted by Gasteiger charge is -2.24. The average molecular weight is 579 g/mol. The van der Waals surface area contributed by atoms with Crippen molar-refractivity contribution in [2.24, 2.45) is 5.92 Å². The summed E-state index contributed by atoms with van der Waals surface area (Å²) in [6.07, 6.45) is 6.98. The van der Waals surface area contributed by atoms with Crippen LogP contribution in [0.1, 0.15) is 96.7 Å². The van der Waals surface area contributed by atoms with Gasteiger partial charge in [-0.25, -0.2) is 18.0 Å². The largest absolute Gasteiger partial charge is 0.444 e. The number of nitrogens with one attached hydrogen (secondary N) is 1. The SMILES string of the molecule is CC(C)(C)OC(=O)N1Cc2cn(S(=O)(=O)C3CC3)nc2C1.CC(C)(C)OC(=O)N1Cc2cn[nH]c2C1.CC1CC1. The molecule has 2 saturated carbocycles. The number of hydrogen-bond acceptors (Lipinski definition) is 8. The Morgan fingerprint density at radius 2 is 1.40 bits per heavy atom. The summed E-state index contributed by atoms with van der Waals surface area (Å²) in [4.78, 5) is 26.9. The van der Waals surface area contributed by atoms with E-state index in [0.29, 0.717) is 38.2 Å². The first-order valence-corrected chi connectivity index (χ1v) is 15.3. The van der Waals surface area contributed by atoms with Gasteiger partial charge in [-0.2, -0.15) is 14.3 Å². The normalized spacial score (nSPS) is 18.2. The minimum absolute atomic E-state index is 0.271. The summed E-state index contributed by atoms with van der Waals surface area (Å²) in [6, 6.07) is 0. The van der Waals surface area contributed by atoms with E-state index in [2.05, 4.69) is 22.2 Å². The van der Waals surface area contributed by atoms with Crippen molar-refractivity contribution in [3.8, 4) is 0 Å². The fourth-order valence-corrected chi connectivity index (χ4v) is 5.44. The maximum absolute atomic E-state index is 12.1. The quantitative estimate of drug-likeness (QED) is 0.547. The Balaban J connectivity index is 0.000000169. The molecule has 0 saturated heterocycles. The van der Waals surface area contributed by atoms with Crippen LogP contribution in [-0.2, 0) is 45.7 Å². The molecule has 2 aliphatic heterocycles. The van der Waals surface area contributed by atoms with Crippen LogP contribution in [-0.4, -0.2) is 66.2 Å². The number of rotatable bonds is 2. The van der Waals surface area contributed by atoms with E-state index >= 15 is 0 Å². The number of ether oxygens (including phenoxy) is 2. The van der Waals surface area contributed by atoms with E-state index in [0.717, 1.165) is 26.8 Å². The number of aromatic nitrogens is 4. The highest BCUT2D eigenvalue weighted by atomic mass is 32.2. The second-order valence-electron chi connectivity index (χ2n) is 12.9. The van der Waals surface area contributed by atoms with Gasteiger partial charge in [0.25, 0.3) is 10.0 Å². The zero-order chi connectivity index (χ0) is 29.5. The average Bonchev–Trinajstić information content (AvgIpc) is 3.60. The van der Waals surface area contributed by atoms with Gasteiger partial charge in [0.1, 0.15) is 11.2 Å². The minimum atomic E-state index is -3.34. The summed E-state index contributed by atoms with van der Waals surface area (Å²) in [7, 11) is -3.34. The molecule has 0 bridgehead atoms. The molecule has 6 rings (SSSR count). The molecule has 0 atom stereocenters. The third kappa shape index (κ3) is 7.98. The van der Waals surface area contributed by atoms with Crippen molar-refractivity contribution in [1.82, 2.24) is 29.2 Å². The molecule has 40 heavy (non-hydrogen) atoms. The molecule has 12 nitrogen and oxygen atoms in total. The molecule has 0 unspecified atom stereocenters. The van der Waals surface area contributed by atoms with Crippen LogP contribution in [0.25, 0.3) is 0 Å². The lowest BCUT2D eigenvalue weighted by molar-refractivity contribution is 0.0230.